The number of nitrogens with one attached hydrogen (secondary N) is 1. The zero-order chi connectivity index (χ0) is 17.8. The number of rotatable bonds is 4. The SMILES string of the molecule is Cc1cc(C)cc(CNc2ncc3n(c2=O)[C@H](C(=O)O)CC32CC2)c1. The first-order chi connectivity index (χ1) is 11.9. The van der Waals surface area contributed by atoms with Gasteiger partial charge in [0.25, 0.3) is 5.56 Å². The van der Waals surface area contributed by atoms with Crippen LogP contribution in [0, 0.1) is 13.8 Å². The molecule has 0 unspecified atom stereocenters. The summed E-state index contributed by atoms with van der Waals surface area (Å²) in [5, 5.41) is 12.6. The fourth-order valence-corrected chi connectivity index (χ4v) is 4.02. The van der Waals surface area contributed by atoms with Crippen LogP contribution in [0.2, 0.25) is 0 Å². The maximum atomic E-state index is 12.8. The van der Waals surface area contributed by atoms with Crippen molar-refractivity contribution in [2.24, 2.45) is 0 Å². The van der Waals surface area contributed by atoms with Crippen molar-refractivity contribution >= 4 is 11.8 Å². The van der Waals surface area contributed by atoms with E-state index in [1.807, 2.05) is 13.8 Å². The molecule has 2 aliphatic rings. The van der Waals surface area contributed by atoms with Gasteiger partial charge in [0.15, 0.2) is 5.82 Å². The van der Waals surface area contributed by atoms with Gasteiger partial charge < -0.3 is 10.4 Å². The third-order valence-electron chi connectivity index (χ3n) is 5.32. The van der Waals surface area contributed by atoms with Gasteiger partial charge in [-0.2, -0.15) is 0 Å². The molecule has 1 aliphatic heterocycles. The highest BCUT2D eigenvalue weighted by Crippen LogP contribution is 2.57. The number of anilines is 1. The molecule has 2 heterocycles. The number of carbonyl (C=O) groups is 1. The Bertz CT molecular complexity index is 908. The van der Waals surface area contributed by atoms with Gasteiger partial charge >= 0.3 is 5.97 Å². The first-order valence-electron chi connectivity index (χ1n) is 8.55. The Morgan fingerprint density at radius 2 is 2.00 bits per heavy atom. The van der Waals surface area contributed by atoms with Crippen LogP contribution >= 0.6 is 0 Å². The van der Waals surface area contributed by atoms with Crippen LogP contribution in [0.1, 0.15) is 47.7 Å². The zero-order valence-corrected chi connectivity index (χ0v) is 14.4. The van der Waals surface area contributed by atoms with E-state index in [1.54, 1.807) is 6.20 Å². The molecule has 0 bridgehead atoms. The maximum absolute atomic E-state index is 12.8. The van der Waals surface area contributed by atoms with Crippen molar-refractivity contribution in [2.75, 3.05) is 5.32 Å². The minimum Gasteiger partial charge on any atom is -0.480 e. The lowest BCUT2D eigenvalue weighted by Crippen LogP contribution is -2.30. The Morgan fingerprint density at radius 3 is 2.60 bits per heavy atom. The van der Waals surface area contributed by atoms with Crippen LogP contribution in [0.4, 0.5) is 5.82 Å². The lowest BCUT2D eigenvalue weighted by atomic mass is 9.99. The zero-order valence-electron chi connectivity index (χ0n) is 14.4. The van der Waals surface area contributed by atoms with Crippen molar-refractivity contribution in [1.29, 1.82) is 0 Å². The molecule has 1 atom stereocenters. The van der Waals surface area contributed by atoms with Gasteiger partial charge in [0.2, 0.25) is 0 Å². The van der Waals surface area contributed by atoms with E-state index in [0.29, 0.717) is 13.0 Å². The summed E-state index contributed by atoms with van der Waals surface area (Å²) in [6, 6.07) is 5.43. The van der Waals surface area contributed by atoms with Crippen molar-refractivity contribution in [3.05, 3.63) is 57.1 Å². The Balaban J connectivity index is 1.65. The highest BCUT2D eigenvalue weighted by atomic mass is 16.4. The largest absolute Gasteiger partial charge is 0.480 e. The number of carboxylic acids is 1. The second kappa shape index (κ2) is 5.44. The van der Waals surface area contributed by atoms with Crippen molar-refractivity contribution in [1.82, 2.24) is 9.55 Å². The molecule has 4 rings (SSSR count). The minimum atomic E-state index is -0.946. The number of carboxylic acid groups (broad SMARTS) is 1. The van der Waals surface area contributed by atoms with E-state index >= 15 is 0 Å². The number of aromatic nitrogens is 2. The molecule has 6 nitrogen and oxygen atoms in total. The number of hydrogen-bond donors (Lipinski definition) is 2. The summed E-state index contributed by atoms with van der Waals surface area (Å²) in [7, 11) is 0. The summed E-state index contributed by atoms with van der Waals surface area (Å²) in [6.07, 6.45) is 4.06. The lowest BCUT2D eigenvalue weighted by molar-refractivity contribution is -0.140. The summed E-state index contributed by atoms with van der Waals surface area (Å²) in [5.74, 6) is -0.731. The summed E-state index contributed by atoms with van der Waals surface area (Å²) in [5.41, 5.74) is 3.70. The van der Waals surface area contributed by atoms with E-state index in [2.05, 4.69) is 28.5 Å². The second-order valence-corrected chi connectivity index (χ2v) is 7.36. The summed E-state index contributed by atoms with van der Waals surface area (Å²) >= 11 is 0. The Kier molecular flexibility index (Phi) is 3.45. The van der Waals surface area contributed by atoms with Crippen LogP contribution < -0.4 is 10.9 Å². The van der Waals surface area contributed by atoms with Gasteiger partial charge in [-0.05, 0) is 38.7 Å². The van der Waals surface area contributed by atoms with Crippen LogP contribution in [0.25, 0.3) is 0 Å². The van der Waals surface area contributed by atoms with Gasteiger partial charge in [0.1, 0.15) is 6.04 Å². The third kappa shape index (κ3) is 2.62. The van der Waals surface area contributed by atoms with Crippen LogP contribution in [-0.2, 0) is 16.8 Å². The molecule has 1 saturated carbocycles. The standard InChI is InChI=1S/C19H21N3O3/c1-11-5-12(2)7-13(6-11)9-20-16-17(23)22-14(18(24)25)8-19(3-4-19)15(22)10-21-16/h5-7,10,14H,3-4,8-9H2,1-2H3,(H,20,21)(H,24,25)/t14-/m0/s1. The molecule has 0 radical (unpaired) electrons. The molecule has 1 aromatic heterocycles. The fraction of sp³-hybridized carbons (Fsp3) is 0.421. The number of nitrogens with zero attached hydrogens (tertiary/aromatic N) is 2. The van der Waals surface area contributed by atoms with Crippen LogP contribution in [0.3, 0.4) is 0 Å². The minimum absolute atomic E-state index is 0.137. The average Bonchev–Trinajstić information content (AvgIpc) is 3.22. The molecule has 0 saturated heterocycles. The van der Waals surface area contributed by atoms with E-state index in [1.165, 1.54) is 4.57 Å². The van der Waals surface area contributed by atoms with Gasteiger partial charge in [0.05, 0.1) is 0 Å². The lowest BCUT2D eigenvalue weighted by Gasteiger charge is -2.13. The molecule has 0 amide bonds. The van der Waals surface area contributed by atoms with Crippen molar-refractivity contribution in [3.63, 3.8) is 0 Å². The topological polar surface area (TPSA) is 84.2 Å². The van der Waals surface area contributed by atoms with E-state index in [-0.39, 0.29) is 16.8 Å². The predicted octanol–water partition coefficient (Wildman–Crippen LogP) is 2.53. The van der Waals surface area contributed by atoms with E-state index in [0.717, 1.165) is 35.2 Å². The van der Waals surface area contributed by atoms with Crippen molar-refractivity contribution in [2.45, 2.75) is 51.1 Å². The van der Waals surface area contributed by atoms with Crippen molar-refractivity contribution in [3.8, 4) is 0 Å². The van der Waals surface area contributed by atoms with E-state index < -0.39 is 12.0 Å². The molecule has 1 spiro atoms. The van der Waals surface area contributed by atoms with E-state index in [9.17, 15) is 14.7 Å². The fourth-order valence-electron chi connectivity index (χ4n) is 4.02. The van der Waals surface area contributed by atoms with Gasteiger partial charge in [-0.15, -0.1) is 0 Å². The van der Waals surface area contributed by atoms with Crippen LogP contribution in [-0.4, -0.2) is 20.6 Å². The number of fused-ring (bicyclic) bond motifs is 2. The Labute approximate surface area is 145 Å². The van der Waals surface area contributed by atoms with E-state index in [4.69, 9.17) is 0 Å². The predicted molar refractivity (Wildman–Crippen MR) is 93.9 cm³/mol. The van der Waals surface area contributed by atoms with Gasteiger partial charge in [-0.3, -0.25) is 9.36 Å². The quantitative estimate of drug-likeness (QED) is 0.894. The molecule has 1 aromatic carbocycles. The number of aryl methyl sites for hydroxylation is 2. The smallest absolute Gasteiger partial charge is 0.326 e. The molecule has 130 valence electrons. The highest BCUT2D eigenvalue weighted by molar-refractivity contribution is 5.73. The number of hydrogen-bond acceptors (Lipinski definition) is 4. The molecule has 6 heteroatoms. The average molecular weight is 339 g/mol. The summed E-state index contributed by atoms with van der Waals surface area (Å²) in [6.45, 7) is 4.55. The molecule has 1 aliphatic carbocycles. The molecule has 2 N–H and O–H groups in total. The molecule has 25 heavy (non-hydrogen) atoms. The maximum Gasteiger partial charge on any atom is 0.326 e. The normalized spacial score (nSPS) is 19.7. The summed E-state index contributed by atoms with van der Waals surface area (Å²) < 4.78 is 1.44. The van der Waals surface area contributed by atoms with Gasteiger partial charge in [0, 0.05) is 23.9 Å². The molecular formula is C19H21N3O3. The van der Waals surface area contributed by atoms with Crippen LogP contribution in [0.15, 0.2) is 29.2 Å². The Hall–Kier alpha value is -2.63. The van der Waals surface area contributed by atoms with Crippen molar-refractivity contribution < 1.29 is 9.90 Å². The molecule has 1 fully saturated rings. The molecular weight excluding hydrogens is 318 g/mol. The molecule has 2 aromatic rings. The monoisotopic (exact) mass is 339 g/mol. The number of benzene rings is 1. The Morgan fingerprint density at radius 1 is 1.32 bits per heavy atom. The third-order valence-corrected chi connectivity index (χ3v) is 5.32. The highest BCUT2D eigenvalue weighted by Gasteiger charge is 2.55. The first-order valence-corrected chi connectivity index (χ1v) is 8.55. The van der Waals surface area contributed by atoms with Gasteiger partial charge in [-0.1, -0.05) is 29.3 Å². The van der Waals surface area contributed by atoms with Gasteiger partial charge in [-0.25, -0.2) is 9.78 Å². The van der Waals surface area contributed by atoms with Crippen LogP contribution in [0.5, 0.6) is 0 Å². The number of aliphatic carboxylic acids is 1. The first kappa shape index (κ1) is 15.9. The second-order valence-electron chi connectivity index (χ2n) is 7.36. The summed E-state index contributed by atoms with van der Waals surface area (Å²) in [4.78, 5) is 28.7.